The van der Waals surface area contributed by atoms with Crippen LogP contribution in [0.25, 0.3) is 0 Å². The number of benzene rings is 2. The summed E-state index contributed by atoms with van der Waals surface area (Å²) in [6, 6.07) is 13.2. The number of anilines is 1. The molecule has 2 rings (SSSR count). The average molecular weight is 481 g/mol. The summed E-state index contributed by atoms with van der Waals surface area (Å²) < 4.78 is 2.73. The molecule has 5 heteroatoms. The van der Waals surface area contributed by atoms with Crippen molar-refractivity contribution in [2.24, 2.45) is 0 Å². The number of carbonyl (C=O) groups is 1. The van der Waals surface area contributed by atoms with Crippen LogP contribution in [0.5, 0.6) is 0 Å². The second-order valence-corrected chi connectivity index (χ2v) is 6.60. The van der Waals surface area contributed by atoms with Crippen LogP contribution in [0.15, 0.2) is 51.4 Å². The number of nitrogens with one attached hydrogen (secondary N) is 1. The summed E-state index contributed by atoms with van der Waals surface area (Å²) in [4.78, 5) is 12.1. The van der Waals surface area contributed by atoms with Crippen LogP contribution in [0, 0.1) is 3.57 Å². The lowest BCUT2D eigenvalue weighted by Gasteiger charge is -2.07. The normalized spacial score (nSPS) is 10.2. The standard InChI is InChI=1S/C13H8Br2INO/c14-8-4-5-12(15)11(6-8)13(18)17-10-3-1-2-9(16)7-10/h1-7H,(H,17,18). The van der Waals surface area contributed by atoms with Gasteiger partial charge in [0.2, 0.25) is 0 Å². The van der Waals surface area contributed by atoms with Crippen molar-refractivity contribution in [2.75, 3.05) is 5.32 Å². The van der Waals surface area contributed by atoms with E-state index in [1.165, 1.54) is 0 Å². The third kappa shape index (κ3) is 3.55. The molecule has 0 aliphatic rings. The van der Waals surface area contributed by atoms with Gasteiger partial charge in [0.25, 0.3) is 5.91 Å². The van der Waals surface area contributed by atoms with Gasteiger partial charge in [-0.25, -0.2) is 0 Å². The van der Waals surface area contributed by atoms with Gasteiger partial charge in [-0.15, -0.1) is 0 Å². The summed E-state index contributed by atoms with van der Waals surface area (Å²) in [5.41, 5.74) is 1.39. The predicted octanol–water partition coefficient (Wildman–Crippen LogP) is 5.07. The summed E-state index contributed by atoms with van der Waals surface area (Å²) in [6.07, 6.45) is 0. The number of amides is 1. The van der Waals surface area contributed by atoms with Crippen LogP contribution < -0.4 is 5.32 Å². The van der Waals surface area contributed by atoms with Crippen molar-refractivity contribution in [1.29, 1.82) is 0 Å². The van der Waals surface area contributed by atoms with E-state index in [0.29, 0.717) is 5.56 Å². The van der Waals surface area contributed by atoms with Crippen molar-refractivity contribution >= 4 is 66.0 Å². The minimum absolute atomic E-state index is 0.134. The summed E-state index contributed by atoms with van der Waals surface area (Å²) in [7, 11) is 0. The zero-order valence-corrected chi connectivity index (χ0v) is 14.4. The lowest BCUT2D eigenvalue weighted by molar-refractivity contribution is 0.102. The lowest BCUT2D eigenvalue weighted by atomic mass is 10.2. The highest BCUT2D eigenvalue weighted by molar-refractivity contribution is 14.1. The minimum Gasteiger partial charge on any atom is -0.322 e. The summed E-state index contributed by atoms with van der Waals surface area (Å²) in [6.45, 7) is 0. The van der Waals surface area contributed by atoms with Gasteiger partial charge in [-0.2, -0.15) is 0 Å². The van der Waals surface area contributed by atoms with Crippen LogP contribution in [0.4, 0.5) is 5.69 Å². The third-order valence-corrected chi connectivity index (χ3v) is 4.11. The predicted molar refractivity (Wildman–Crippen MR) is 89.0 cm³/mol. The molecule has 0 aliphatic heterocycles. The molecule has 0 aromatic heterocycles. The van der Waals surface area contributed by atoms with E-state index < -0.39 is 0 Å². The smallest absolute Gasteiger partial charge is 0.256 e. The van der Waals surface area contributed by atoms with Gasteiger partial charge in [0.1, 0.15) is 0 Å². The molecule has 0 radical (unpaired) electrons. The minimum atomic E-state index is -0.134. The van der Waals surface area contributed by atoms with E-state index in [1.54, 1.807) is 6.07 Å². The SMILES string of the molecule is O=C(Nc1cccc(I)c1)c1cc(Br)ccc1Br. The first-order chi connectivity index (χ1) is 8.56. The van der Waals surface area contributed by atoms with E-state index in [9.17, 15) is 4.79 Å². The van der Waals surface area contributed by atoms with Crippen LogP contribution in [0.3, 0.4) is 0 Å². The molecule has 2 aromatic carbocycles. The average Bonchev–Trinajstić information content (AvgIpc) is 2.32. The first-order valence-corrected chi connectivity index (χ1v) is 7.75. The Labute approximate surface area is 136 Å². The molecule has 92 valence electrons. The quantitative estimate of drug-likeness (QED) is 0.597. The highest BCUT2D eigenvalue weighted by atomic mass is 127. The molecule has 0 spiro atoms. The Hall–Kier alpha value is -0.400. The summed E-state index contributed by atoms with van der Waals surface area (Å²) >= 11 is 8.95. The van der Waals surface area contributed by atoms with E-state index in [1.807, 2.05) is 36.4 Å². The Balaban J connectivity index is 2.24. The van der Waals surface area contributed by atoms with Crippen molar-refractivity contribution in [2.45, 2.75) is 0 Å². The van der Waals surface area contributed by atoms with Crippen LogP contribution in [0.2, 0.25) is 0 Å². The highest BCUT2D eigenvalue weighted by Gasteiger charge is 2.10. The molecule has 0 saturated heterocycles. The molecule has 0 saturated carbocycles. The van der Waals surface area contributed by atoms with E-state index in [0.717, 1.165) is 18.2 Å². The molecule has 0 fully saturated rings. The van der Waals surface area contributed by atoms with Gasteiger partial charge in [0, 0.05) is 18.2 Å². The molecule has 0 unspecified atom stereocenters. The largest absolute Gasteiger partial charge is 0.322 e. The number of halogens is 3. The monoisotopic (exact) mass is 479 g/mol. The lowest BCUT2D eigenvalue weighted by Crippen LogP contribution is -2.12. The molecule has 0 heterocycles. The van der Waals surface area contributed by atoms with Gasteiger partial charge in [-0.1, -0.05) is 22.0 Å². The van der Waals surface area contributed by atoms with E-state index in [4.69, 9.17) is 0 Å². The highest BCUT2D eigenvalue weighted by Crippen LogP contribution is 2.23. The van der Waals surface area contributed by atoms with E-state index in [2.05, 4.69) is 59.8 Å². The van der Waals surface area contributed by atoms with Crippen LogP contribution in [-0.4, -0.2) is 5.91 Å². The molecule has 0 aliphatic carbocycles. The van der Waals surface area contributed by atoms with Crippen molar-refractivity contribution < 1.29 is 4.79 Å². The van der Waals surface area contributed by atoms with Crippen molar-refractivity contribution in [3.05, 3.63) is 60.5 Å². The molecular weight excluding hydrogens is 473 g/mol. The zero-order valence-electron chi connectivity index (χ0n) is 9.08. The molecule has 2 nitrogen and oxygen atoms in total. The van der Waals surface area contributed by atoms with Gasteiger partial charge >= 0.3 is 0 Å². The van der Waals surface area contributed by atoms with Gasteiger partial charge in [-0.05, 0) is 74.9 Å². The Bertz CT molecular complexity index is 601. The Morgan fingerprint density at radius 2 is 1.89 bits per heavy atom. The maximum atomic E-state index is 12.1. The fourth-order valence-electron chi connectivity index (χ4n) is 1.44. The second-order valence-electron chi connectivity index (χ2n) is 3.59. The number of hydrogen-bond donors (Lipinski definition) is 1. The molecule has 0 bridgehead atoms. The molecule has 18 heavy (non-hydrogen) atoms. The first kappa shape index (κ1) is 14.0. The second kappa shape index (κ2) is 6.16. The molecule has 0 atom stereocenters. The Morgan fingerprint density at radius 3 is 2.61 bits per heavy atom. The fraction of sp³-hybridized carbons (Fsp3) is 0. The molecule has 1 N–H and O–H groups in total. The van der Waals surface area contributed by atoms with Crippen LogP contribution in [0.1, 0.15) is 10.4 Å². The Kier molecular flexibility index (Phi) is 4.80. The van der Waals surface area contributed by atoms with E-state index >= 15 is 0 Å². The van der Waals surface area contributed by atoms with Gasteiger partial charge < -0.3 is 5.32 Å². The Morgan fingerprint density at radius 1 is 1.11 bits per heavy atom. The molecule has 2 aromatic rings. The number of rotatable bonds is 2. The zero-order chi connectivity index (χ0) is 13.1. The van der Waals surface area contributed by atoms with Gasteiger partial charge in [0.05, 0.1) is 5.56 Å². The first-order valence-electron chi connectivity index (χ1n) is 5.08. The summed E-state index contributed by atoms with van der Waals surface area (Å²) in [5, 5.41) is 2.87. The van der Waals surface area contributed by atoms with Gasteiger partial charge in [-0.3, -0.25) is 4.79 Å². The maximum Gasteiger partial charge on any atom is 0.256 e. The molecule has 1 amide bonds. The number of carbonyl (C=O) groups excluding carboxylic acids is 1. The van der Waals surface area contributed by atoms with Crippen molar-refractivity contribution in [1.82, 2.24) is 0 Å². The third-order valence-electron chi connectivity index (χ3n) is 2.26. The van der Waals surface area contributed by atoms with Crippen molar-refractivity contribution in [3.63, 3.8) is 0 Å². The topological polar surface area (TPSA) is 29.1 Å². The summed E-state index contributed by atoms with van der Waals surface area (Å²) in [5.74, 6) is -0.134. The van der Waals surface area contributed by atoms with Crippen LogP contribution >= 0.6 is 54.5 Å². The van der Waals surface area contributed by atoms with E-state index in [-0.39, 0.29) is 5.91 Å². The van der Waals surface area contributed by atoms with Crippen molar-refractivity contribution in [3.8, 4) is 0 Å². The van der Waals surface area contributed by atoms with Crippen LogP contribution in [-0.2, 0) is 0 Å². The number of hydrogen-bond acceptors (Lipinski definition) is 1. The fourth-order valence-corrected chi connectivity index (χ4v) is 2.77. The molecular formula is C13H8Br2INO. The van der Waals surface area contributed by atoms with Gasteiger partial charge in [0.15, 0.2) is 0 Å². The maximum absolute atomic E-state index is 12.1.